The molecule has 0 aromatic heterocycles. The maximum Gasteiger partial charge on any atom is 0.313 e. The Morgan fingerprint density at radius 1 is 0.880 bits per heavy atom. The lowest BCUT2D eigenvalue weighted by atomic mass is 9.42. The molecule has 2 heterocycles. The smallest absolute Gasteiger partial charge is 0.313 e. The van der Waals surface area contributed by atoms with E-state index in [0.29, 0.717) is 35.7 Å². The number of ether oxygens (including phenoxy) is 3. The fourth-order valence-corrected chi connectivity index (χ4v) is 12.5. The van der Waals surface area contributed by atoms with E-state index in [0.717, 1.165) is 36.0 Å². The second-order valence-electron chi connectivity index (χ2n) is 10.9. The number of rotatable bonds is 1. The van der Waals surface area contributed by atoms with Crippen LogP contribution in [0.1, 0.15) is 25.7 Å². The maximum absolute atomic E-state index is 13.7. The molecule has 2 aliphatic heterocycles. The van der Waals surface area contributed by atoms with Crippen molar-refractivity contribution in [3.05, 3.63) is 0 Å². The predicted octanol–water partition coefficient (Wildman–Crippen LogP) is 2.07. The van der Waals surface area contributed by atoms with E-state index >= 15 is 0 Å². The van der Waals surface area contributed by atoms with E-state index in [1.807, 2.05) is 7.11 Å². The van der Waals surface area contributed by atoms with Gasteiger partial charge in [-0.2, -0.15) is 0 Å². The van der Waals surface area contributed by atoms with Crippen molar-refractivity contribution >= 4 is 5.97 Å². The van der Waals surface area contributed by atoms with Gasteiger partial charge < -0.3 is 14.2 Å². The maximum atomic E-state index is 13.7. The van der Waals surface area contributed by atoms with Crippen molar-refractivity contribution < 1.29 is 19.0 Å². The lowest BCUT2D eigenvalue weighted by molar-refractivity contribution is -0.341. The summed E-state index contributed by atoms with van der Waals surface area (Å²) in [6, 6.07) is 0. The minimum atomic E-state index is -0.225. The van der Waals surface area contributed by atoms with E-state index in [9.17, 15) is 4.79 Å². The third-order valence-electron chi connectivity index (χ3n) is 11.6. The standard InChI is InChI=1S/C21H24O4/c1-23-19-21-15-7-2-4-8-10(7)16-13(15)12-14(20(16,21)18(22)24-8)6-3-5-9(25-19)11(6)17(12)21/h6-17,19H,2-5H2,1H3/t6?,7?,8?,9?,10?,11?,12?,13?,14?,15?,16?,17?,19-,20?,21?/m0/s1. The molecule has 25 heavy (non-hydrogen) atoms. The third-order valence-corrected chi connectivity index (χ3v) is 11.6. The van der Waals surface area contributed by atoms with E-state index in [-0.39, 0.29) is 29.2 Å². The SMILES string of the molecule is CO[C@H]1OC2CCC3C2C2C4C5C6C7C8CCC7C5C21C6(C(=O)O8)C34. The zero-order valence-electron chi connectivity index (χ0n) is 14.5. The van der Waals surface area contributed by atoms with Gasteiger partial charge in [0.25, 0.3) is 0 Å². The Morgan fingerprint density at radius 3 is 2.44 bits per heavy atom. The largest absolute Gasteiger partial charge is 0.462 e. The average molecular weight is 340 g/mol. The van der Waals surface area contributed by atoms with Crippen LogP contribution >= 0.6 is 0 Å². The summed E-state index contributed by atoms with van der Waals surface area (Å²) in [6.07, 6.45) is 5.34. The highest BCUT2D eigenvalue weighted by molar-refractivity contribution is 5.85. The molecule has 14 unspecified atom stereocenters. The van der Waals surface area contributed by atoms with Crippen LogP contribution in [0.3, 0.4) is 0 Å². The molecule has 8 bridgehead atoms. The van der Waals surface area contributed by atoms with E-state index in [2.05, 4.69) is 0 Å². The van der Waals surface area contributed by atoms with Crippen LogP contribution in [-0.2, 0) is 19.0 Å². The molecular formula is C21H24O4. The molecule has 10 rings (SSSR count). The molecular weight excluding hydrogens is 316 g/mol. The van der Waals surface area contributed by atoms with Crippen LogP contribution in [-0.4, -0.2) is 31.6 Å². The second-order valence-corrected chi connectivity index (χ2v) is 10.9. The predicted molar refractivity (Wildman–Crippen MR) is 83.8 cm³/mol. The molecule has 0 amide bonds. The van der Waals surface area contributed by atoms with Gasteiger partial charge in [-0.1, -0.05) is 0 Å². The van der Waals surface area contributed by atoms with Crippen molar-refractivity contribution in [2.24, 2.45) is 70.0 Å². The van der Waals surface area contributed by atoms with Gasteiger partial charge in [0, 0.05) is 18.4 Å². The first-order chi connectivity index (χ1) is 12.3. The first kappa shape index (κ1) is 12.7. The van der Waals surface area contributed by atoms with Gasteiger partial charge in [-0.3, -0.25) is 4.79 Å². The minimum Gasteiger partial charge on any atom is -0.462 e. The van der Waals surface area contributed by atoms with Gasteiger partial charge in [-0.25, -0.2) is 0 Å². The molecule has 8 aliphatic carbocycles. The van der Waals surface area contributed by atoms with Crippen LogP contribution in [0.2, 0.25) is 0 Å². The van der Waals surface area contributed by atoms with Crippen molar-refractivity contribution in [2.75, 3.05) is 7.11 Å². The lowest BCUT2D eigenvalue weighted by Gasteiger charge is -2.65. The number of esters is 1. The summed E-state index contributed by atoms with van der Waals surface area (Å²) in [7, 11) is 1.83. The highest BCUT2D eigenvalue weighted by atomic mass is 16.7. The van der Waals surface area contributed by atoms with Crippen molar-refractivity contribution in [1.82, 2.24) is 0 Å². The van der Waals surface area contributed by atoms with E-state index in [4.69, 9.17) is 14.2 Å². The van der Waals surface area contributed by atoms with E-state index < -0.39 is 0 Å². The summed E-state index contributed by atoms with van der Waals surface area (Å²) in [6.45, 7) is 0. The van der Waals surface area contributed by atoms with Gasteiger partial charge >= 0.3 is 5.97 Å². The normalized spacial score (nSPS) is 79.1. The second kappa shape index (κ2) is 3.22. The first-order valence-corrected chi connectivity index (χ1v) is 10.7. The van der Waals surface area contributed by atoms with Crippen LogP contribution in [0.4, 0.5) is 0 Å². The molecule has 8 saturated carbocycles. The molecule has 4 nitrogen and oxygen atoms in total. The summed E-state index contributed by atoms with van der Waals surface area (Å²) in [5.41, 5.74) is -0.251. The highest BCUT2D eigenvalue weighted by Gasteiger charge is 3.02. The molecule has 2 spiro atoms. The van der Waals surface area contributed by atoms with Gasteiger partial charge in [0.1, 0.15) is 6.10 Å². The average Bonchev–Trinajstić information content (AvgIpc) is 3.38. The van der Waals surface area contributed by atoms with Crippen LogP contribution in [0.25, 0.3) is 0 Å². The zero-order valence-corrected chi connectivity index (χ0v) is 14.5. The van der Waals surface area contributed by atoms with Crippen LogP contribution in [0.15, 0.2) is 0 Å². The van der Waals surface area contributed by atoms with Gasteiger partial charge in [0.2, 0.25) is 0 Å². The Balaban J connectivity index is 1.42. The quantitative estimate of drug-likeness (QED) is 0.686. The van der Waals surface area contributed by atoms with Gasteiger partial charge in [-0.05, 0) is 78.9 Å². The fourth-order valence-electron chi connectivity index (χ4n) is 12.5. The third kappa shape index (κ3) is 0.790. The van der Waals surface area contributed by atoms with Gasteiger partial charge in [0.15, 0.2) is 6.29 Å². The Hall–Kier alpha value is -0.610. The fraction of sp³-hybridized carbons (Fsp3) is 0.952. The topological polar surface area (TPSA) is 44.8 Å². The number of carbonyl (C=O) groups is 1. The van der Waals surface area contributed by atoms with Crippen LogP contribution < -0.4 is 0 Å². The lowest BCUT2D eigenvalue weighted by Crippen LogP contribution is -2.72. The number of hydrogen-bond donors (Lipinski definition) is 0. The molecule has 15 atom stereocenters. The van der Waals surface area contributed by atoms with Crippen LogP contribution in [0.5, 0.6) is 0 Å². The first-order valence-electron chi connectivity index (χ1n) is 10.7. The summed E-state index contributed by atoms with van der Waals surface area (Å²) in [5, 5.41) is 0. The Kier molecular flexibility index (Phi) is 1.64. The molecule has 2 saturated heterocycles. The van der Waals surface area contributed by atoms with Crippen LogP contribution in [0, 0.1) is 70.0 Å². The number of hydrogen-bond acceptors (Lipinski definition) is 4. The molecule has 0 radical (unpaired) electrons. The number of methoxy groups -OCH3 is 1. The molecule has 0 aromatic carbocycles. The molecule has 10 fully saturated rings. The monoisotopic (exact) mass is 340 g/mol. The Bertz CT molecular complexity index is 762. The molecule has 4 heteroatoms. The van der Waals surface area contributed by atoms with E-state index in [1.54, 1.807) is 0 Å². The highest BCUT2D eigenvalue weighted by Crippen LogP contribution is 2.99. The zero-order chi connectivity index (χ0) is 16.0. The summed E-state index contributed by atoms with van der Waals surface area (Å²) < 4.78 is 19.0. The van der Waals surface area contributed by atoms with E-state index in [1.165, 1.54) is 19.3 Å². The molecule has 0 aromatic rings. The van der Waals surface area contributed by atoms with Gasteiger partial charge in [0.05, 0.1) is 11.5 Å². The summed E-state index contributed by atoms with van der Waals surface area (Å²) in [5.74, 6) is 7.33. The Labute approximate surface area is 146 Å². The van der Waals surface area contributed by atoms with Crippen molar-refractivity contribution in [3.8, 4) is 0 Å². The van der Waals surface area contributed by atoms with Crippen molar-refractivity contribution in [1.29, 1.82) is 0 Å². The summed E-state index contributed by atoms with van der Waals surface area (Å²) >= 11 is 0. The number of carbonyl (C=O) groups excluding carboxylic acids is 1. The van der Waals surface area contributed by atoms with Crippen molar-refractivity contribution in [2.45, 2.75) is 44.2 Å². The van der Waals surface area contributed by atoms with Crippen molar-refractivity contribution in [3.63, 3.8) is 0 Å². The molecule has 0 N–H and O–H groups in total. The van der Waals surface area contributed by atoms with Gasteiger partial charge in [-0.15, -0.1) is 0 Å². The molecule has 132 valence electrons. The Morgan fingerprint density at radius 2 is 1.60 bits per heavy atom. The molecule has 10 aliphatic rings. The minimum absolute atomic E-state index is 0.0258. The summed E-state index contributed by atoms with van der Waals surface area (Å²) in [4.78, 5) is 13.7.